The second-order valence-corrected chi connectivity index (χ2v) is 5.79. The quantitative estimate of drug-likeness (QED) is 0.407. The molecule has 2 aromatic rings. The molecule has 0 unspecified atom stereocenters. The van der Waals surface area contributed by atoms with Crippen LogP contribution in [0.5, 0.6) is 5.75 Å². The predicted octanol–water partition coefficient (Wildman–Crippen LogP) is 3.63. The van der Waals surface area contributed by atoms with Gasteiger partial charge in [-0.25, -0.2) is 8.78 Å². The number of guanidine groups is 1. The molecule has 2 rings (SSSR count). The third kappa shape index (κ3) is 7.51. The van der Waals surface area contributed by atoms with Gasteiger partial charge in [0.1, 0.15) is 12.4 Å². The lowest BCUT2D eigenvalue weighted by atomic mass is 10.1. The van der Waals surface area contributed by atoms with E-state index in [0.717, 1.165) is 24.9 Å². The standard InChI is InChI=1S/C20H25F2N3O/c1-23-20(24-12-6-10-16-7-3-2-4-8-16)25-14-17-9-5-11-18(13-17)26-15-19(21)22/h2-5,7-9,11,13,19H,6,10,12,14-15H2,1H3,(H2,23,24,25). The Morgan fingerprint density at radius 2 is 1.81 bits per heavy atom. The van der Waals surface area contributed by atoms with Crippen molar-refractivity contribution in [2.24, 2.45) is 4.99 Å². The Morgan fingerprint density at radius 3 is 2.54 bits per heavy atom. The molecule has 0 saturated heterocycles. The van der Waals surface area contributed by atoms with Crippen LogP contribution in [0.1, 0.15) is 17.5 Å². The van der Waals surface area contributed by atoms with Gasteiger partial charge in [-0.15, -0.1) is 0 Å². The molecule has 6 heteroatoms. The van der Waals surface area contributed by atoms with E-state index in [1.165, 1.54) is 5.56 Å². The Balaban J connectivity index is 1.72. The number of nitrogens with one attached hydrogen (secondary N) is 2. The minimum atomic E-state index is -2.48. The van der Waals surface area contributed by atoms with Crippen LogP contribution in [0, 0.1) is 0 Å². The lowest BCUT2D eigenvalue weighted by molar-refractivity contribution is 0.0818. The summed E-state index contributed by atoms with van der Waals surface area (Å²) in [5.74, 6) is 1.15. The molecule has 0 heterocycles. The highest BCUT2D eigenvalue weighted by atomic mass is 19.3. The Kier molecular flexibility index (Phi) is 8.39. The molecule has 2 aromatic carbocycles. The zero-order valence-electron chi connectivity index (χ0n) is 14.9. The van der Waals surface area contributed by atoms with E-state index < -0.39 is 13.0 Å². The van der Waals surface area contributed by atoms with Crippen molar-refractivity contribution in [3.63, 3.8) is 0 Å². The van der Waals surface area contributed by atoms with Crippen LogP contribution < -0.4 is 15.4 Å². The summed E-state index contributed by atoms with van der Waals surface area (Å²) in [6.45, 7) is 0.748. The molecule has 0 spiro atoms. The van der Waals surface area contributed by atoms with E-state index in [4.69, 9.17) is 4.74 Å². The Hall–Kier alpha value is -2.63. The topological polar surface area (TPSA) is 45.7 Å². The molecule has 0 aliphatic heterocycles. The van der Waals surface area contributed by atoms with E-state index in [-0.39, 0.29) is 0 Å². The fourth-order valence-corrected chi connectivity index (χ4v) is 2.45. The van der Waals surface area contributed by atoms with Crippen molar-refractivity contribution in [2.75, 3.05) is 20.2 Å². The zero-order chi connectivity index (χ0) is 18.6. The average molecular weight is 361 g/mol. The normalized spacial score (nSPS) is 11.5. The highest BCUT2D eigenvalue weighted by Gasteiger charge is 2.04. The third-order valence-corrected chi connectivity index (χ3v) is 3.74. The first-order valence-electron chi connectivity index (χ1n) is 8.65. The second-order valence-electron chi connectivity index (χ2n) is 5.79. The number of aliphatic imine (C=N–C) groups is 1. The SMILES string of the molecule is CN=C(NCCCc1ccccc1)NCc1cccc(OCC(F)F)c1. The van der Waals surface area contributed by atoms with E-state index >= 15 is 0 Å². The zero-order valence-corrected chi connectivity index (χ0v) is 14.9. The Bertz CT molecular complexity index is 678. The third-order valence-electron chi connectivity index (χ3n) is 3.74. The molecule has 0 saturated carbocycles. The number of hydrogen-bond donors (Lipinski definition) is 2. The van der Waals surface area contributed by atoms with Crippen LogP contribution >= 0.6 is 0 Å². The maximum absolute atomic E-state index is 12.2. The van der Waals surface area contributed by atoms with Crippen molar-refractivity contribution in [1.82, 2.24) is 10.6 Å². The van der Waals surface area contributed by atoms with Gasteiger partial charge < -0.3 is 15.4 Å². The molecule has 0 radical (unpaired) electrons. The summed E-state index contributed by atoms with van der Waals surface area (Å²) in [5.41, 5.74) is 2.25. The van der Waals surface area contributed by atoms with E-state index in [1.54, 1.807) is 25.2 Å². The summed E-state index contributed by atoms with van der Waals surface area (Å²) in [5, 5.41) is 6.48. The van der Waals surface area contributed by atoms with Crippen LogP contribution in [0.15, 0.2) is 59.6 Å². The Labute approximate surface area is 153 Å². The molecule has 0 aromatic heterocycles. The number of aryl methyl sites for hydroxylation is 1. The number of halogens is 2. The fourth-order valence-electron chi connectivity index (χ4n) is 2.45. The van der Waals surface area contributed by atoms with Gasteiger partial charge in [-0.3, -0.25) is 4.99 Å². The van der Waals surface area contributed by atoms with Gasteiger partial charge in [0, 0.05) is 20.1 Å². The van der Waals surface area contributed by atoms with Gasteiger partial charge in [-0.1, -0.05) is 42.5 Å². The van der Waals surface area contributed by atoms with Crippen LogP contribution in [-0.4, -0.2) is 32.6 Å². The summed E-state index contributed by atoms with van der Waals surface area (Å²) in [7, 11) is 1.72. The summed E-state index contributed by atoms with van der Waals surface area (Å²) < 4.78 is 29.5. The lowest BCUT2D eigenvalue weighted by Crippen LogP contribution is -2.37. The summed E-state index contributed by atoms with van der Waals surface area (Å²) in [4.78, 5) is 4.19. The predicted molar refractivity (Wildman–Crippen MR) is 101 cm³/mol. The highest BCUT2D eigenvalue weighted by molar-refractivity contribution is 5.79. The number of ether oxygens (including phenoxy) is 1. The number of hydrogen-bond acceptors (Lipinski definition) is 2. The van der Waals surface area contributed by atoms with Crippen LogP contribution in [0.3, 0.4) is 0 Å². The van der Waals surface area contributed by atoms with Gasteiger partial charge in [0.25, 0.3) is 6.43 Å². The largest absolute Gasteiger partial charge is 0.488 e. The first kappa shape index (κ1) is 19.7. The van der Waals surface area contributed by atoms with Crippen LogP contribution in [0.4, 0.5) is 8.78 Å². The van der Waals surface area contributed by atoms with Gasteiger partial charge in [-0.05, 0) is 36.1 Å². The fraction of sp³-hybridized carbons (Fsp3) is 0.350. The summed E-state index contributed by atoms with van der Waals surface area (Å²) >= 11 is 0. The van der Waals surface area contributed by atoms with Crippen molar-refractivity contribution >= 4 is 5.96 Å². The monoisotopic (exact) mass is 361 g/mol. The van der Waals surface area contributed by atoms with Gasteiger partial charge >= 0.3 is 0 Å². The molecule has 0 amide bonds. The van der Waals surface area contributed by atoms with E-state index in [1.807, 2.05) is 24.3 Å². The lowest BCUT2D eigenvalue weighted by Gasteiger charge is -2.13. The van der Waals surface area contributed by atoms with Gasteiger partial charge in [0.2, 0.25) is 0 Å². The minimum Gasteiger partial charge on any atom is -0.488 e. The molecule has 26 heavy (non-hydrogen) atoms. The van der Waals surface area contributed by atoms with E-state index in [2.05, 4.69) is 27.8 Å². The first-order valence-corrected chi connectivity index (χ1v) is 8.65. The van der Waals surface area contributed by atoms with Gasteiger partial charge in [0.05, 0.1) is 0 Å². The molecule has 0 aliphatic carbocycles. The minimum absolute atomic E-state index is 0.440. The molecular formula is C20H25F2N3O. The Morgan fingerprint density at radius 1 is 1.04 bits per heavy atom. The van der Waals surface area contributed by atoms with Crippen molar-refractivity contribution < 1.29 is 13.5 Å². The second kappa shape index (κ2) is 11.1. The molecule has 0 atom stereocenters. The summed E-state index contributed by atoms with van der Waals surface area (Å²) in [6.07, 6.45) is -0.466. The molecule has 0 bridgehead atoms. The first-order chi connectivity index (χ1) is 12.7. The van der Waals surface area contributed by atoms with Crippen LogP contribution in [-0.2, 0) is 13.0 Å². The molecule has 4 nitrogen and oxygen atoms in total. The van der Waals surface area contributed by atoms with E-state index in [9.17, 15) is 8.78 Å². The van der Waals surface area contributed by atoms with Gasteiger partial charge in [0.15, 0.2) is 5.96 Å². The van der Waals surface area contributed by atoms with Crippen molar-refractivity contribution in [3.05, 3.63) is 65.7 Å². The molecule has 140 valence electrons. The average Bonchev–Trinajstić information content (AvgIpc) is 2.67. The molecular weight excluding hydrogens is 336 g/mol. The number of benzene rings is 2. The molecule has 2 N–H and O–H groups in total. The number of nitrogens with zero attached hydrogens (tertiary/aromatic N) is 1. The van der Waals surface area contributed by atoms with E-state index in [0.29, 0.717) is 18.3 Å². The smallest absolute Gasteiger partial charge is 0.272 e. The number of rotatable bonds is 9. The highest BCUT2D eigenvalue weighted by Crippen LogP contribution is 2.14. The number of alkyl halides is 2. The van der Waals surface area contributed by atoms with Crippen molar-refractivity contribution in [2.45, 2.75) is 25.8 Å². The van der Waals surface area contributed by atoms with Crippen LogP contribution in [0.25, 0.3) is 0 Å². The molecule has 0 aliphatic rings. The van der Waals surface area contributed by atoms with Crippen molar-refractivity contribution in [1.29, 1.82) is 0 Å². The molecule has 0 fully saturated rings. The van der Waals surface area contributed by atoms with Gasteiger partial charge in [-0.2, -0.15) is 0 Å². The maximum Gasteiger partial charge on any atom is 0.272 e. The van der Waals surface area contributed by atoms with Crippen molar-refractivity contribution in [3.8, 4) is 5.75 Å². The maximum atomic E-state index is 12.2. The van der Waals surface area contributed by atoms with Crippen LogP contribution in [0.2, 0.25) is 0 Å². The summed E-state index contributed by atoms with van der Waals surface area (Å²) in [6, 6.07) is 17.5.